The van der Waals surface area contributed by atoms with Crippen molar-refractivity contribution < 1.29 is 13.6 Å². The average molecular weight is 243 g/mol. The summed E-state index contributed by atoms with van der Waals surface area (Å²) in [5.41, 5.74) is 0. The van der Waals surface area contributed by atoms with Crippen LogP contribution in [0.3, 0.4) is 0 Å². The van der Waals surface area contributed by atoms with Crippen molar-refractivity contribution in [3.8, 4) is 0 Å². The molecule has 0 N–H and O–H groups in total. The van der Waals surface area contributed by atoms with E-state index in [1.807, 2.05) is 0 Å². The molecule has 4 nitrogen and oxygen atoms in total. The summed E-state index contributed by atoms with van der Waals surface area (Å²) >= 11 is 0. The van der Waals surface area contributed by atoms with Crippen LogP contribution in [-0.4, -0.2) is 39.4 Å². The average Bonchev–Trinajstić information content (AvgIpc) is 2.80. The van der Waals surface area contributed by atoms with Gasteiger partial charge in [0.05, 0.1) is 6.33 Å². The second-order valence-electron chi connectivity index (χ2n) is 4.37. The highest BCUT2D eigenvalue weighted by Crippen LogP contribution is 2.28. The molecule has 6 heteroatoms. The number of piperidine rings is 1. The number of aromatic nitrogens is 2. The lowest BCUT2D eigenvalue weighted by Gasteiger charge is -2.33. The van der Waals surface area contributed by atoms with E-state index in [0.29, 0.717) is 0 Å². The fourth-order valence-corrected chi connectivity index (χ4v) is 1.94. The molecule has 0 aromatic carbocycles. The Labute approximate surface area is 98.2 Å². The van der Waals surface area contributed by atoms with E-state index in [4.69, 9.17) is 0 Å². The van der Waals surface area contributed by atoms with Crippen LogP contribution in [0.25, 0.3) is 0 Å². The highest BCUT2D eigenvalue weighted by Gasteiger charge is 2.36. The van der Waals surface area contributed by atoms with Crippen molar-refractivity contribution in [3.05, 3.63) is 18.7 Å². The fourth-order valence-electron chi connectivity index (χ4n) is 1.94. The van der Waals surface area contributed by atoms with Gasteiger partial charge in [-0.15, -0.1) is 0 Å². The monoisotopic (exact) mass is 243 g/mol. The van der Waals surface area contributed by atoms with E-state index in [2.05, 4.69) is 4.98 Å². The molecule has 2 heterocycles. The van der Waals surface area contributed by atoms with Gasteiger partial charge in [-0.25, -0.2) is 13.8 Å². The summed E-state index contributed by atoms with van der Waals surface area (Å²) in [6, 6.07) is -0.385. The van der Waals surface area contributed by atoms with Crippen LogP contribution < -0.4 is 0 Å². The van der Waals surface area contributed by atoms with E-state index in [9.17, 15) is 13.6 Å². The fraction of sp³-hybridized carbons (Fsp3) is 0.636. The zero-order valence-corrected chi connectivity index (χ0v) is 9.64. The van der Waals surface area contributed by atoms with Gasteiger partial charge in [0.15, 0.2) is 0 Å². The third-order valence-electron chi connectivity index (χ3n) is 3.14. The molecule has 1 fully saturated rings. The highest BCUT2D eigenvalue weighted by atomic mass is 19.3. The molecular weight excluding hydrogens is 228 g/mol. The zero-order valence-electron chi connectivity index (χ0n) is 9.64. The Hall–Kier alpha value is -1.46. The van der Waals surface area contributed by atoms with Gasteiger partial charge in [-0.3, -0.25) is 4.79 Å². The summed E-state index contributed by atoms with van der Waals surface area (Å²) in [5.74, 6) is -2.74. The second-order valence-corrected chi connectivity index (χ2v) is 4.37. The Bertz CT molecular complexity index is 381. The molecule has 1 amide bonds. The first-order valence-electron chi connectivity index (χ1n) is 5.64. The van der Waals surface area contributed by atoms with Crippen molar-refractivity contribution in [2.75, 3.05) is 13.1 Å². The number of rotatable bonds is 2. The Morgan fingerprint density at radius 1 is 1.41 bits per heavy atom. The van der Waals surface area contributed by atoms with Crippen LogP contribution in [0.4, 0.5) is 8.78 Å². The summed E-state index contributed by atoms with van der Waals surface area (Å²) in [5, 5.41) is 0. The lowest BCUT2D eigenvalue weighted by molar-refractivity contribution is -0.140. The first-order chi connectivity index (χ1) is 7.99. The van der Waals surface area contributed by atoms with E-state index in [-0.39, 0.29) is 37.9 Å². The molecule has 17 heavy (non-hydrogen) atoms. The molecule has 1 saturated heterocycles. The molecule has 0 spiro atoms. The van der Waals surface area contributed by atoms with Gasteiger partial charge in [0.1, 0.15) is 6.04 Å². The van der Waals surface area contributed by atoms with Crippen LogP contribution in [0.5, 0.6) is 0 Å². The molecule has 1 atom stereocenters. The third-order valence-corrected chi connectivity index (χ3v) is 3.14. The SMILES string of the molecule is C[C@@H](C(=O)N1CCC(F)(F)CC1)n1ccnc1. The van der Waals surface area contributed by atoms with Crippen LogP contribution in [0.15, 0.2) is 18.7 Å². The van der Waals surface area contributed by atoms with E-state index in [0.717, 1.165) is 0 Å². The van der Waals surface area contributed by atoms with Crippen LogP contribution >= 0.6 is 0 Å². The van der Waals surface area contributed by atoms with Crippen molar-refractivity contribution in [3.63, 3.8) is 0 Å². The standard InChI is InChI=1S/C11H15F2N3O/c1-9(16-7-4-14-8-16)10(17)15-5-2-11(12,13)3-6-15/h4,7-9H,2-3,5-6H2,1H3/t9-/m0/s1. The first-order valence-corrected chi connectivity index (χ1v) is 5.64. The van der Waals surface area contributed by atoms with Crippen LogP contribution in [0.1, 0.15) is 25.8 Å². The molecule has 2 rings (SSSR count). The molecule has 94 valence electrons. The van der Waals surface area contributed by atoms with E-state index >= 15 is 0 Å². The maximum atomic E-state index is 13.0. The zero-order chi connectivity index (χ0) is 12.5. The lowest BCUT2D eigenvalue weighted by Crippen LogP contribution is -2.45. The molecule has 1 aliphatic rings. The minimum absolute atomic E-state index is 0.126. The van der Waals surface area contributed by atoms with E-state index < -0.39 is 5.92 Å². The number of halogens is 2. The highest BCUT2D eigenvalue weighted by molar-refractivity contribution is 5.80. The molecule has 0 saturated carbocycles. The number of hydrogen-bond acceptors (Lipinski definition) is 2. The van der Waals surface area contributed by atoms with Gasteiger partial charge >= 0.3 is 0 Å². The van der Waals surface area contributed by atoms with Crippen molar-refractivity contribution in [1.82, 2.24) is 14.5 Å². The number of carbonyl (C=O) groups is 1. The minimum atomic E-state index is -2.62. The Balaban J connectivity index is 1.97. The van der Waals surface area contributed by atoms with Crippen molar-refractivity contribution >= 4 is 5.91 Å². The van der Waals surface area contributed by atoms with Gasteiger partial charge in [0, 0.05) is 38.3 Å². The Morgan fingerprint density at radius 2 is 2.06 bits per heavy atom. The summed E-state index contributed by atoms with van der Waals surface area (Å²) in [4.78, 5) is 17.4. The molecule has 0 bridgehead atoms. The van der Waals surface area contributed by atoms with Crippen LogP contribution in [-0.2, 0) is 4.79 Å². The van der Waals surface area contributed by atoms with Gasteiger partial charge in [-0.1, -0.05) is 0 Å². The van der Waals surface area contributed by atoms with E-state index in [1.54, 1.807) is 30.2 Å². The topological polar surface area (TPSA) is 38.1 Å². The smallest absolute Gasteiger partial charge is 0.251 e. The molecule has 0 aliphatic carbocycles. The van der Waals surface area contributed by atoms with Gasteiger partial charge < -0.3 is 9.47 Å². The van der Waals surface area contributed by atoms with Gasteiger partial charge in [-0.05, 0) is 6.92 Å². The molecule has 0 radical (unpaired) electrons. The number of nitrogens with zero attached hydrogens (tertiary/aromatic N) is 3. The maximum absolute atomic E-state index is 13.0. The minimum Gasteiger partial charge on any atom is -0.340 e. The van der Waals surface area contributed by atoms with E-state index in [1.165, 1.54) is 4.90 Å². The normalized spacial score (nSPS) is 21.2. The summed E-state index contributed by atoms with van der Waals surface area (Å²) in [7, 11) is 0. The summed E-state index contributed by atoms with van der Waals surface area (Å²) in [6.45, 7) is 2.01. The molecule has 0 unspecified atom stereocenters. The Morgan fingerprint density at radius 3 is 2.59 bits per heavy atom. The van der Waals surface area contributed by atoms with Crippen LogP contribution in [0, 0.1) is 0 Å². The number of likely N-dealkylation sites (tertiary alicyclic amines) is 1. The number of carbonyl (C=O) groups excluding carboxylic acids is 1. The number of amides is 1. The van der Waals surface area contributed by atoms with Crippen molar-refractivity contribution in [1.29, 1.82) is 0 Å². The quantitative estimate of drug-likeness (QED) is 0.793. The number of imidazole rings is 1. The predicted octanol–water partition coefficient (Wildman–Crippen LogP) is 1.70. The van der Waals surface area contributed by atoms with Gasteiger partial charge in [-0.2, -0.15) is 0 Å². The lowest BCUT2D eigenvalue weighted by atomic mass is 10.1. The van der Waals surface area contributed by atoms with Crippen molar-refractivity contribution in [2.24, 2.45) is 0 Å². The predicted molar refractivity (Wildman–Crippen MR) is 57.7 cm³/mol. The van der Waals surface area contributed by atoms with Crippen molar-refractivity contribution in [2.45, 2.75) is 31.7 Å². The number of alkyl halides is 2. The first kappa shape index (κ1) is 12.0. The molecule has 1 aromatic rings. The second kappa shape index (κ2) is 4.43. The maximum Gasteiger partial charge on any atom is 0.251 e. The number of hydrogen-bond donors (Lipinski definition) is 0. The van der Waals surface area contributed by atoms with Crippen LogP contribution in [0.2, 0.25) is 0 Å². The third kappa shape index (κ3) is 2.62. The Kier molecular flexibility index (Phi) is 3.13. The molecule has 1 aliphatic heterocycles. The molecule has 1 aromatic heterocycles. The largest absolute Gasteiger partial charge is 0.340 e. The van der Waals surface area contributed by atoms with Gasteiger partial charge in [0.2, 0.25) is 5.91 Å². The summed E-state index contributed by atoms with van der Waals surface area (Å²) < 4.78 is 27.6. The molecular formula is C11H15F2N3O. The summed E-state index contributed by atoms with van der Waals surface area (Å²) in [6.07, 6.45) is 4.36. The van der Waals surface area contributed by atoms with Gasteiger partial charge in [0.25, 0.3) is 5.92 Å².